The maximum Gasteiger partial charge on any atom is 0.435 e. The van der Waals surface area contributed by atoms with Crippen LogP contribution in [0.25, 0.3) is 0 Å². The molecule has 122 valence electrons. The molecule has 1 amide bonds. The van der Waals surface area contributed by atoms with E-state index in [0.717, 1.165) is 24.5 Å². The molecule has 1 fully saturated rings. The summed E-state index contributed by atoms with van der Waals surface area (Å²) in [6, 6.07) is 4.56. The van der Waals surface area contributed by atoms with Crippen LogP contribution in [0.5, 0.6) is 0 Å². The van der Waals surface area contributed by atoms with Crippen molar-refractivity contribution in [1.29, 1.82) is 0 Å². The van der Waals surface area contributed by atoms with Crippen molar-refractivity contribution in [2.24, 2.45) is 0 Å². The van der Waals surface area contributed by atoms with E-state index in [9.17, 15) is 18.0 Å². The molecule has 23 heavy (non-hydrogen) atoms. The molecule has 1 aliphatic carbocycles. The van der Waals surface area contributed by atoms with Crippen LogP contribution in [0, 0.1) is 0 Å². The SMILES string of the molecule is O=C(Cn1nc(C(F)(F)F)cc1C1CC1)NCc1ccncc1. The topological polar surface area (TPSA) is 59.8 Å². The van der Waals surface area contributed by atoms with Gasteiger partial charge in [-0.2, -0.15) is 18.3 Å². The van der Waals surface area contributed by atoms with E-state index in [1.165, 1.54) is 4.68 Å². The van der Waals surface area contributed by atoms with E-state index in [4.69, 9.17) is 0 Å². The average Bonchev–Trinajstić information content (AvgIpc) is 3.26. The summed E-state index contributed by atoms with van der Waals surface area (Å²) >= 11 is 0. The molecule has 0 radical (unpaired) electrons. The van der Waals surface area contributed by atoms with Gasteiger partial charge in [-0.05, 0) is 36.6 Å². The number of halogens is 3. The highest BCUT2D eigenvalue weighted by Crippen LogP contribution is 2.42. The molecule has 3 rings (SSSR count). The minimum absolute atomic E-state index is 0.0756. The molecule has 1 aliphatic rings. The number of nitrogens with one attached hydrogen (secondary N) is 1. The van der Waals surface area contributed by atoms with Crippen LogP contribution >= 0.6 is 0 Å². The van der Waals surface area contributed by atoms with Gasteiger partial charge in [0, 0.05) is 30.6 Å². The number of pyridine rings is 1. The highest BCUT2D eigenvalue weighted by Gasteiger charge is 2.38. The predicted octanol–water partition coefficient (Wildman–Crippen LogP) is 2.49. The molecule has 0 saturated heterocycles. The van der Waals surface area contributed by atoms with Gasteiger partial charge in [0.1, 0.15) is 6.54 Å². The van der Waals surface area contributed by atoms with Crippen molar-refractivity contribution in [2.45, 2.75) is 38.0 Å². The van der Waals surface area contributed by atoms with Crippen LogP contribution < -0.4 is 5.32 Å². The standard InChI is InChI=1S/C15H15F3N4O/c16-15(17,18)13-7-12(11-1-2-11)22(21-13)9-14(23)20-8-10-3-5-19-6-4-10/h3-7,11H,1-2,8-9H2,(H,20,23). The van der Waals surface area contributed by atoms with Gasteiger partial charge in [-0.1, -0.05) is 0 Å². The minimum atomic E-state index is -4.50. The molecule has 1 N–H and O–H groups in total. The quantitative estimate of drug-likeness (QED) is 0.919. The summed E-state index contributed by atoms with van der Waals surface area (Å²) in [6.45, 7) is 0.0838. The average molecular weight is 324 g/mol. The number of hydrogen-bond acceptors (Lipinski definition) is 3. The smallest absolute Gasteiger partial charge is 0.350 e. The third-order valence-electron chi connectivity index (χ3n) is 3.63. The number of aromatic nitrogens is 3. The van der Waals surface area contributed by atoms with Crippen LogP contribution in [0.15, 0.2) is 30.6 Å². The van der Waals surface area contributed by atoms with Gasteiger partial charge in [-0.15, -0.1) is 0 Å². The molecular weight excluding hydrogens is 309 g/mol. The molecule has 0 aliphatic heterocycles. The van der Waals surface area contributed by atoms with Crippen molar-refractivity contribution in [3.05, 3.63) is 47.5 Å². The molecule has 1 saturated carbocycles. The summed E-state index contributed by atoms with van der Waals surface area (Å²) in [5.41, 5.74) is 0.407. The van der Waals surface area contributed by atoms with Gasteiger partial charge in [-0.25, -0.2) is 0 Å². The van der Waals surface area contributed by atoms with E-state index in [2.05, 4.69) is 15.4 Å². The second kappa shape index (κ2) is 6.02. The van der Waals surface area contributed by atoms with Gasteiger partial charge in [0.2, 0.25) is 5.91 Å². The lowest BCUT2D eigenvalue weighted by molar-refractivity contribution is -0.141. The van der Waals surface area contributed by atoms with Crippen molar-refractivity contribution >= 4 is 5.91 Å². The van der Waals surface area contributed by atoms with Gasteiger partial charge in [0.05, 0.1) is 0 Å². The molecule has 2 aromatic rings. The Morgan fingerprint density at radius 3 is 2.61 bits per heavy atom. The molecule has 5 nitrogen and oxygen atoms in total. The van der Waals surface area contributed by atoms with E-state index in [0.29, 0.717) is 12.2 Å². The summed E-state index contributed by atoms with van der Waals surface area (Å²) in [4.78, 5) is 15.8. The summed E-state index contributed by atoms with van der Waals surface area (Å²) in [6.07, 6.45) is 0.386. The summed E-state index contributed by atoms with van der Waals surface area (Å²) in [7, 11) is 0. The highest BCUT2D eigenvalue weighted by atomic mass is 19.4. The lowest BCUT2D eigenvalue weighted by atomic mass is 10.2. The number of nitrogens with zero attached hydrogens (tertiary/aromatic N) is 3. The van der Waals surface area contributed by atoms with Crippen LogP contribution in [0.4, 0.5) is 13.2 Å². The molecule has 0 spiro atoms. The molecule has 2 aromatic heterocycles. The van der Waals surface area contributed by atoms with Crippen LogP contribution in [-0.4, -0.2) is 20.7 Å². The van der Waals surface area contributed by atoms with Crippen molar-refractivity contribution in [3.8, 4) is 0 Å². The first-order valence-corrected chi connectivity index (χ1v) is 7.24. The zero-order valence-corrected chi connectivity index (χ0v) is 12.2. The molecule has 0 atom stereocenters. The first-order chi connectivity index (χ1) is 10.9. The maximum absolute atomic E-state index is 12.8. The van der Waals surface area contributed by atoms with Crippen LogP contribution in [0.2, 0.25) is 0 Å². The third-order valence-corrected chi connectivity index (χ3v) is 3.63. The minimum Gasteiger partial charge on any atom is -0.350 e. The second-order valence-electron chi connectivity index (χ2n) is 5.52. The number of alkyl halides is 3. The summed E-state index contributed by atoms with van der Waals surface area (Å²) < 4.78 is 39.5. The maximum atomic E-state index is 12.8. The Kier molecular flexibility index (Phi) is 4.06. The molecule has 2 heterocycles. The predicted molar refractivity (Wildman–Crippen MR) is 75.3 cm³/mol. The van der Waals surface area contributed by atoms with Gasteiger partial charge in [-0.3, -0.25) is 14.5 Å². The Labute approximate surface area is 130 Å². The van der Waals surface area contributed by atoms with Crippen LogP contribution in [0.1, 0.15) is 35.7 Å². The summed E-state index contributed by atoms with van der Waals surface area (Å²) in [5.74, 6) is -0.299. The van der Waals surface area contributed by atoms with Gasteiger partial charge < -0.3 is 5.32 Å². The van der Waals surface area contributed by atoms with Gasteiger partial charge >= 0.3 is 6.18 Å². The van der Waals surface area contributed by atoms with E-state index < -0.39 is 11.9 Å². The van der Waals surface area contributed by atoms with Crippen molar-refractivity contribution in [2.75, 3.05) is 0 Å². The number of carbonyl (C=O) groups excluding carboxylic acids is 1. The zero-order valence-electron chi connectivity index (χ0n) is 12.2. The second-order valence-corrected chi connectivity index (χ2v) is 5.52. The van der Waals surface area contributed by atoms with E-state index >= 15 is 0 Å². The monoisotopic (exact) mass is 324 g/mol. The van der Waals surface area contributed by atoms with Crippen molar-refractivity contribution < 1.29 is 18.0 Å². The lowest BCUT2D eigenvalue weighted by Gasteiger charge is -2.08. The Hall–Kier alpha value is -2.38. The molecule has 8 heteroatoms. The Morgan fingerprint density at radius 1 is 1.30 bits per heavy atom. The molecule has 0 bridgehead atoms. The largest absolute Gasteiger partial charge is 0.435 e. The number of amides is 1. The van der Waals surface area contributed by atoms with Crippen molar-refractivity contribution in [3.63, 3.8) is 0 Å². The zero-order chi connectivity index (χ0) is 16.4. The number of hydrogen-bond donors (Lipinski definition) is 1. The fourth-order valence-corrected chi connectivity index (χ4v) is 2.30. The third kappa shape index (κ3) is 3.88. The van der Waals surface area contributed by atoms with Crippen LogP contribution in [0.3, 0.4) is 0 Å². The Balaban J connectivity index is 1.67. The van der Waals surface area contributed by atoms with Gasteiger partial charge in [0.15, 0.2) is 5.69 Å². The van der Waals surface area contributed by atoms with Crippen LogP contribution in [-0.2, 0) is 24.1 Å². The fraction of sp³-hybridized carbons (Fsp3) is 0.400. The highest BCUT2D eigenvalue weighted by molar-refractivity contribution is 5.75. The molecule has 0 aromatic carbocycles. The Bertz CT molecular complexity index is 692. The lowest BCUT2D eigenvalue weighted by Crippen LogP contribution is -2.28. The summed E-state index contributed by atoms with van der Waals surface area (Å²) in [5, 5.41) is 6.23. The normalized spacial score (nSPS) is 14.7. The fourth-order valence-electron chi connectivity index (χ4n) is 2.30. The number of carbonyl (C=O) groups is 1. The van der Waals surface area contributed by atoms with E-state index in [1.54, 1.807) is 24.5 Å². The molecule has 0 unspecified atom stereocenters. The molecular formula is C15H15F3N4O. The first kappa shape index (κ1) is 15.5. The van der Waals surface area contributed by atoms with Crippen molar-refractivity contribution in [1.82, 2.24) is 20.1 Å². The van der Waals surface area contributed by atoms with Gasteiger partial charge in [0.25, 0.3) is 0 Å². The van der Waals surface area contributed by atoms with E-state index in [1.807, 2.05) is 0 Å². The Morgan fingerprint density at radius 2 is 2.00 bits per heavy atom. The first-order valence-electron chi connectivity index (χ1n) is 7.24. The number of rotatable bonds is 5. The van der Waals surface area contributed by atoms with E-state index in [-0.39, 0.29) is 18.4 Å².